The number of benzene rings is 7. The highest BCUT2D eigenvalue weighted by Crippen LogP contribution is 2.52. The van der Waals surface area contributed by atoms with Gasteiger partial charge in [-0.25, -0.2) is 0 Å². The molecule has 0 unspecified atom stereocenters. The first-order valence-corrected chi connectivity index (χ1v) is 14.0. The Morgan fingerprint density at radius 3 is 1.32 bits per heavy atom. The SMILES string of the molecule is Nc1ccc(-c2ccc(-c3ccc(C4c5c(ccc6ccccc56)Oc5ccc6ccccc6c54)cc3)cc2)cc1. The van der Waals surface area contributed by atoms with E-state index in [1.165, 1.54) is 54.9 Å². The zero-order valence-electron chi connectivity index (χ0n) is 22.4. The highest BCUT2D eigenvalue weighted by molar-refractivity contribution is 5.95. The molecule has 8 rings (SSSR count). The Labute approximate surface area is 239 Å². The maximum Gasteiger partial charge on any atom is 0.132 e. The summed E-state index contributed by atoms with van der Waals surface area (Å²) in [5, 5.41) is 4.91. The van der Waals surface area contributed by atoms with Gasteiger partial charge in [-0.15, -0.1) is 0 Å². The number of hydrogen-bond acceptors (Lipinski definition) is 2. The van der Waals surface area contributed by atoms with E-state index in [0.717, 1.165) is 22.7 Å². The molecule has 7 aromatic rings. The van der Waals surface area contributed by atoms with E-state index in [0.29, 0.717) is 0 Å². The second-order valence-corrected chi connectivity index (χ2v) is 10.8. The summed E-state index contributed by atoms with van der Waals surface area (Å²) < 4.78 is 6.59. The van der Waals surface area contributed by atoms with Gasteiger partial charge in [-0.3, -0.25) is 0 Å². The fourth-order valence-corrected chi connectivity index (χ4v) is 6.32. The summed E-state index contributed by atoms with van der Waals surface area (Å²) in [6.07, 6.45) is 0. The van der Waals surface area contributed by atoms with Crippen LogP contribution in [0.5, 0.6) is 11.5 Å². The third-order valence-corrected chi connectivity index (χ3v) is 8.36. The molecule has 7 aromatic carbocycles. The average molecular weight is 526 g/mol. The molecule has 2 heteroatoms. The lowest BCUT2D eigenvalue weighted by Gasteiger charge is -2.31. The first-order chi connectivity index (χ1) is 20.2. The third-order valence-electron chi connectivity index (χ3n) is 8.36. The molecule has 0 radical (unpaired) electrons. The lowest BCUT2D eigenvalue weighted by atomic mass is 9.78. The number of fused-ring (bicyclic) bond motifs is 6. The van der Waals surface area contributed by atoms with Crippen molar-refractivity contribution in [3.05, 3.63) is 162 Å². The topological polar surface area (TPSA) is 35.2 Å². The molecule has 1 aliphatic heterocycles. The van der Waals surface area contributed by atoms with Crippen LogP contribution in [0.3, 0.4) is 0 Å². The quantitative estimate of drug-likeness (QED) is 0.233. The van der Waals surface area contributed by atoms with Crippen molar-refractivity contribution < 1.29 is 4.74 Å². The van der Waals surface area contributed by atoms with Crippen molar-refractivity contribution in [2.45, 2.75) is 5.92 Å². The van der Waals surface area contributed by atoms with Crippen LogP contribution < -0.4 is 10.5 Å². The van der Waals surface area contributed by atoms with Gasteiger partial charge in [0.25, 0.3) is 0 Å². The van der Waals surface area contributed by atoms with Crippen molar-refractivity contribution >= 4 is 27.2 Å². The van der Waals surface area contributed by atoms with Crippen LogP contribution in [0.2, 0.25) is 0 Å². The number of nitrogens with two attached hydrogens (primary N) is 1. The van der Waals surface area contributed by atoms with Gasteiger partial charge in [0.2, 0.25) is 0 Å². The van der Waals surface area contributed by atoms with E-state index >= 15 is 0 Å². The lowest BCUT2D eigenvalue weighted by molar-refractivity contribution is 0.456. The first-order valence-electron chi connectivity index (χ1n) is 14.0. The number of ether oxygens (including phenoxy) is 1. The van der Waals surface area contributed by atoms with Gasteiger partial charge >= 0.3 is 0 Å². The number of hydrogen-bond donors (Lipinski definition) is 1. The molecule has 2 nitrogen and oxygen atoms in total. The lowest BCUT2D eigenvalue weighted by Crippen LogP contribution is -2.13. The molecule has 0 spiro atoms. The summed E-state index contributed by atoms with van der Waals surface area (Å²) in [6, 6.07) is 51.7. The van der Waals surface area contributed by atoms with E-state index in [9.17, 15) is 0 Å². The van der Waals surface area contributed by atoms with Gasteiger partial charge in [-0.05, 0) is 73.6 Å². The Kier molecular flexibility index (Phi) is 5.39. The van der Waals surface area contributed by atoms with Crippen molar-refractivity contribution in [3.63, 3.8) is 0 Å². The van der Waals surface area contributed by atoms with Crippen LogP contribution in [0.25, 0.3) is 43.8 Å². The Bertz CT molecular complexity index is 1970. The van der Waals surface area contributed by atoms with E-state index in [1.807, 2.05) is 12.1 Å². The summed E-state index contributed by atoms with van der Waals surface area (Å²) in [5.74, 6) is 1.91. The zero-order valence-corrected chi connectivity index (χ0v) is 22.4. The molecule has 0 saturated carbocycles. The number of rotatable bonds is 3. The van der Waals surface area contributed by atoms with Crippen LogP contribution in [0, 0.1) is 0 Å². The minimum atomic E-state index is 0.0490. The van der Waals surface area contributed by atoms with Crippen molar-refractivity contribution in [1.29, 1.82) is 0 Å². The van der Waals surface area contributed by atoms with Gasteiger partial charge in [0, 0.05) is 22.7 Å². The molecule has 0 atom stereocenters. The molecule has 2 N–H and O–H groups in total. The minimum Gasteiger partial charge on any atom is -0.457 e. The molecular weight excluding hydrogens is 498 g/mol. The molecule has 41 heavy (non-hydrogen) atoms. The van der Waals surface area contributed by atoms with E-state index in [2.05, 4.69) is 133 Å². The zero-order chi connectivity index (χ0) is 27.3. The van der Waals surface area contributed by atoms with Crippen LogP contribution in [-0.2, 0) is 0 Å². The fourth-order valence-electron chi connectivity index (χ4n) is 6.32. The number of nitrogen functional groups attached to an aromatic ring is 1. The second kappa shape index (κ2) is 9.39. The maximum absolute atomic E-state index is 6.59. The molecular formula is C39H27NO. The summed E-state index contributed by atoms with van der Waals surface area (Å²) in [5.41, 5.74) is 15.1. The minimum absolute atomic E-state index is 0.0490. The standard InChI is InChI=1S/C39H27NO/c40-32-21-17-28(18-22-32)26-11-9-25(10-12-26)27-13-15-31(16-14-27)37-38-33-7-3-1-5-29(33)19-23-35(38)41-36-24-20-30-6-2-4-8-34(30)39(36)37/h1-24,37H,40H2. The molecule has 1 aliphatic rings. The van der Waals surface area contributed by atoms with Crippen LogP contribution in [-0.4, -0.2) is 0 Å². The largest absolute Gasteiger partial charge is 0.457 e. The van der Waals surface area contributed by atoms with Gasteiger partial charge < -0.3 is 10.5 Å². The van der Waals surface area contributed by atoms with Crippen LogP contribution in [0.4, 0.5) is 5.69 Å². The maximum atomic E-state index is 6.59. The highest BCUT2D eigenvalue weighted by atomic mass is 16.5. The van der Waals surface area contributed by atoms with Crippen LogP contribution in [0.15, 0.2) is 146 Å². The summed E-state index contributed by atoms with van der Waals surface area (Å²) in [7, 11) is 0. The van der Waals surface area contributed by atoms with E-state index < -0.39 is 0 Å². The molecule has 1 heterocycles. The molecule has 0 amide bonds. The Morgan fingerprint density at radius 2 is 0.829 bits per heavy atom. The van der Waals surface area contributed by atoms with Crippen LogP contribution >= 0.6 is 0 Å². The number of anilines is 1. The highest BCUT2D eigenvalue weighted by Gasteiger charge is 2.32. The molecule has 0 saturated heterocycles. The Balaban J connectivity index is 1.25. The Hall–Kier alpha value is -5.34. The third kappa shape index (κ3) is 3.96. The molecule has 0 aromatic heterocycles. The van der Waals surface area contributed by atoms with E-state index in [1.54, 1.807) is 0 Å². The Morgan fingerprint density at radius 1 is 0.415 bits per heavy atom. The van der Waals surface area contributed by atoms with Gasteiger partial charge in [-0.2, -0.15) is 0 Å². The summed E-state index contributed by atoms with van der Waals surface area (Å²) in [6.45, 7) is 0. The predicted octanol–water partition coefficient (Wildman–Crippen LogP) is 10.2. The summed E-state index contributed by atoms with van der Waals surface area (Å²) >= 11 is 0. The van der Waals surface area contributed by atoms with Crippen molar-refractivity contribution in [1.82, 2.24) is 0 Å². The summed E-state index contributed by atoms with van der Waals surface area (Å²) in [4.78, 5) is 0. The molecule has 0 fully saturated rings. The van der Waals surface area contributed by atoms with E-state index in [4.69, 9.17) is 10.5 Å². The monoisotopic (exact) mass is 525 g/mol. The van der Waals surface area contributed by atoms with Gasteiger partial charge in [0.05, 0.1) is 0 Å². The van der Waals surface area contributed by atoms with Crippen molar-refractivity contribution in [3.8, 4) is 33.8 Å². The fraction of sp³-hybridized carbons (Fsp3) is 0.0256. The van der Waals surface area contributed by atoms with Crippen molar-refractivity contribution in [2.24, 2.45) is 0 Å². The van der Waals surface area contributed by atoms with Gasteiger partial charge in [-0.1, -0.05) is 121 Å². The predicted molar refractivity (Wildman–Crippen MR) is 171 cm³/mol. The van der Waals surface area contributed by atoms with Gasteiger partial charge in [0.1, 0.15) is 11.5 Å². The van der Waals surface area contributed by atoms with Crippen LogP contribution in [0.1, 0.15) is 22.6 Å². The second-order valence-electron chi connectivity index (χ2n) is 10.8. The first kappa shape index (κ1) is 23.5. The smallest absolute Gasteiger partial charge is 0.132 e. The molecule has 0 aliphatic carbocycles. The molecule has 194 valence electrons. The van der Waals surface area contributed by atoms with Gasteiger partial charge in [0.15, 0.2) is 0 Å². The molecule has 0 bridgehead atoms. The van der Waals surface area contributed by atoms with E-state index in [-0.39, 0.29) is 5.92 Å². The van der Waals surface area contributed by atoms with Crippen molar-refractivity contribution in [2.75, 3.05) is 5.73 Å². The normalized spacial score (nSPS) is 12.6. The average Bonchev–Trinajstić information content (AvgIpc) is 3.04.